The molecule has 0 spiro atoms. The Morgan fingerprint density at radius 2 is 1.75 bits per heavy atom. The molecule has 0 bridgehead atoms. The zero-order valence-corrected chi connectivity index (χ0v) is 18.3. The van der Waals surface area contributed by atoms with E-state index in [1.807, 2.05) is 0 Å². The number of carboxylic acids is 1. The molecule has 1 aliphatic carbocycles. The molecule has 0 saturated heterocycles. The minimum absolute atomic E-state index is 0.0728. The van der Waals surface area contributed by atoms with Crippen LogP contribution in [0, 0.1) is 11.8 Å². The highest BCUT2D eigenvalue weighted by molar-refractivity contribution is 6.70. The number of fused-ring (bicyclic) bond motifs is 1. The van der Waals surface area contributed by atoms with Crippen molar-refractivity contribution < 1.29 is 14.3 Å². The van der Waals surface area contributed by atoms with Gasteiger partial charge in [0.15, 0.2) is 0 Å². The molecule has 0 unspecified atom stereocenters. The molecule has 1 aliphatic rings. The topological polar surface area (TPSA) is 46.5 Å². The van der Waals surface area contributed by atoms with Gasteiger partial charge in [0.05, 0.1) is 11.1 Å². The van der Waals surface area contributed by atoms with Crippen LogP contribution in [0.4, 0.5) is 0 Å². The number of aryl methyl sites for hydroxylation is 1. The van der Waals surface area contributed by atoms with E-state index in [0.717, 1.165) is 29.7 Å². The maximum atomic E-state index is 11.0. The van der Waals surface area contributed by atoms with Crippen LogP contribution >= 0.6 is 0 Å². The molecule has 3 rings (SSSR count). The van der Waals surface area contributed by atoms with Crippen molar-refractivity contribution in [1.29, 1.82) is 0 Å². The fraction of sp³-hybridized carbons (Fsp3) is 0.375. The van der Waals surface area contributed by atoms with Crippen LogP contribution in [0.15, 0.2) is 36.4 Å². The molecule has 2 aromatic rings. The molecule has 3 nitrogen and oxygen atoms in total. The summed E-state index contributed by atoms with van der Waals surface area (Å²) in [4.78, 5) is 11.0. The van der Waals surface area contributed by atoms with Crippen LogP contribution in [0.2, 0.25) is 19.6 Å². The van der Waals surface area contributed by atoms with Gasteiger partial charge >= 0.3 is 5.97 Å². The van der Waals surface area contributed by atoms with Crippen LogP contribution in [0.25, 0.3) is 0 Å². The summed E-state index contributed by atoms with van der Waals surface area (Å²) in [6.07, 6.45) is 3.44. The normalized spacial score (nSPS) is 15.2. The molecule has 0 aromatic heterocycles. The summed E-state index contributed by atoms with van der Waals surface area (Å²) in [5.41, 5.74) is 4.74. The summed E-state index contributed by atoms with van der Waals surface area (Å²) in [6.45, 7) is 11.2. The van der Waals surface area contributed by atoms with E-state index in [0.29, 0.717) is 0 Å². The Morgan fingerprint density at radius 1 is 1.07 bits per heavy atom. The minimum atomic E-state index is -1.81. The molecule has 0 radical (unpaired) electrons. The average Bonchev–Trinajstić information content (AvgIpc) is 2.59. The summed E-state index contributed by atoms with van der Waals surface area (Å²) in [5.74, 6) is 6.49. The summed E-state index contributed by atoms with van der Waals surface area (Å²) in [5, 5.41) is 9.04. The third-order valence-electron chi connectivity index (χ3n) is 5.05. The number of carbonyl (C=O) groups is 1. The van der Waals surface area contributed by atoms with Gasteiger partial charge in [-0.1, -0.05) is 31.8 Å². The Bertz CT molecular complexity index is 954. The van der Waals surface area contributed by atoms with E-state index in [9.17, 15) is 4.79 Å². The Hall–Kier alpha value is -2.51. The lowest BCUT2D eigenvalue weighted by Crippen LogP contribution is -2.33. The molecular weight excluding hydrogens is 364 g/mol. The summed E-state index contributed by atoms with van der Waals surface area (Å²) in [6, 6.07) is 10.9. The number of rotatable bonds is 3. The van der Waals surface area contributed by atoms with Gasteiger partial charge in [-0.25, -0.2) is 4.79 Å². The lowest BCUT2D eigenvalue weighted by atomic mass is 9.72. The highest BCUT2D eigenvalue weighted by Crippen LogP contribution is 2.44. The van der Waals surface area contributed by atoms with Crippen LogP contribution < -0.4 is 4.43 Å². The zero-order chi connectivity index (χ0) is 20.5. The zero-order valence-electron chi connectivity index (χ0n) is 17.3. The lowest BCUT2D eigenvalue weighted by Gasteiger charge is -2.36. The Balaban J connectivity index is 2.08. The first kappa shape index (κ1) is 20.2. The largest absolute Gasteiger partial charge is 0.543 e. The molecule has 2 aromatic carbocycles. The van der Waals surface area contributed by atoms with E-state index in [4.69, 9.17) is 9.53 Å². The van der Waals surface area contributed by atoms with E-state index >= 15 is 0 Å². The molecule has 0 aliphatic heterocycles. The second kappa shape index (κ2) is 7.48. The predicted octanol–water partition coefficient (Wildman–Crippen LogP) is 5.61. The Kier molecular flexibility index (Phi) is 5.41. The average molecular weight is 393 g/mol. The smallest absolute Gasteiger partial charge is 0.335 e. The van der Waals surface area contributed by atoms with Gasteiger partial charge in [0.2, 0.25) is 8.32 Å². The van der Waals surface area contributed by atoms with Crippen molar-refractivity contribution in [2.45, 2.75) is 58.2 Å². The van der Waals surface area contributed by atoms with Crippen LogP contribution in [0.1, 0.15) is 59.3 Å². The number of hydrogen-bond donors (Lipinski definition) is 1. The van der Waals surface area contributed by atoms with Crippen LogP contribution in [-0.4, -0.2) is 19.4 Å². The van der Waals surface area contributed by atoms with Crippen molar-refractivity contribution in [3.05, 3.63) is 64.2 Å². The molecule has 0 heterocycles. The fourth-order valence-corrected chi connectivity index (χ4v) is 4.59. The van der Waals surface area contributed by atoms with Gasteiger partial charge in [0.25, 0.3) is 0 Å². The Morgan fingerprint density at radius 3 is 2.36 bits per heavy atom. The van der Waals surface area contributed by atoms with Crippen LogP contribution in [0.5, 0.6) is 5.75 Å². The highest BCUT2D eigenvalue weighted by atomic mass is 28.4. The highest BCUT2D eigenvalue weighted by Gasteiger charge is 2.33. The van der Waals surface area contributed by atoms with Crippen molar-refractivity contribution in [3.8, 4) is 17.6 Å². The molecule has 0 saturated carbocycles. The first-order valence-electron chi connectivity index (χ1n) is 9.78. The molecule has 0 amide bonds. The number of aromatic carboxylic acids is 1. The van der Waals surface area contributed by atoms with Crippen molar-refractivity contribution in [3.63, 3.8) is 0 Å². The maximum absolute atomic E-state index is 11.0. The quantitative estimate of drug-likeness (QED) is 0.545. The van der Waals surface area contributed by atoms with Gasteiger partial charge in [0, 0.05) is 11.1 Å². The third kappa shape index (κ3) is 4.48. The first-order valence-corrected chi connectivity index (χ1v) is 13.2. The van der Waals surface area contributed by atoms with Gasteiger partial charge in [-0.2, -0.15) is 0 Å². The second-order valence-electron chi connectivity index (χ2n) is 9.06. The summed E-state index contributed by atoms with van der Waals surface area (Å²) >= 11 is 0. The van der Waals surface area contributed by atoms with Crippen molar-refractivity contribution in [2.24, 2.45) is 0 Å². The lowest BCUT2D eigenvalue weighted by molar-refractivity contribution is 0.0697. The maximum Gasteiger partial charge on any atom is 0.335 e. The monoisotopic (exact) mass is 392 g/mol. The van der Waals surface area contributed by atoms with Crippen molar-refractivity contribution in [2.75, 3.05) is 0 Å². The van der Waals surface area contributed by atoms with E-state index in [1.54, 1.807) is 24.3 Å². The van der Waals surface area contributed by atoms with Crippen molar-refractivity contribution >= 4 is 14.3 Å². The van der Waals surface area contributed by atoms with Gasteiger partial charge in [0.1, 0.15) is 5.75 Å². The van der Waals surface area contributed by atoms with E-state index < -0.39 is 14.3 Å². The van der Waals surface area contributed by atoms with Gasteiger partial charge in [-0.15, -0.1) is 0 Å². The van der Waals surface area contributed by atoms with E-state index in [-0.39, 0.29) is 11.0 Å². The number of carboxylic acid groups (broad SMARTS) is 1. The van der Waals surface area contributed by atoms with Crippen LogP contribution in [0.3, 0.4) is 0 Å². The van der Waals surface area contributed by atoms with Gasteiger partial charge < -0.3 is 9.53 Å². The van der Waals surface area contributed by atoms with Crippen LogP contribution in [-0.2, 0) is 11.8 Å². The molecule has 28 heavy (non-hydrogen) atoms. The van der Waals surface area contributed by atoms with E-state index in [1.165, 1.54) is 17.5 Å². The number of hydrogen-bond acceptors (Lipinski definition) is 2. The molecule has 1 N–H and O–H groups in total. The predicted molar refractivity (Wildman–Crippen MR) is 116 cm³/mol. The van der Waals surface area contributed by atoms with Gasteiger partial charge in [-0.05, 0) is 80.2 Å². The Labute approximate surface area is 168 Å². The molecule has 0 atom stereocenters. The SMILES string of the molecule is CC1(C)CCCc2ccc(C#Cc3ccc(C(=O)O)cc3)c(O[Si](C)(C)C)c21. The second-order valence-corrected chi connectivity index (χ2v) is 13.5. The van der Waals surface area contributed by atoms with E-state index in [2.05, 4.69) is 57.5 Å². The van der Waals surface area contributed by atoms with Gasteiger partial charge in [-0.3, -0.25) is 0 Å². The summed E-state index contributed by atoms with van der Waals surface area (Å²) < 4.78 is 6.56. The fourth-order valence-electron chi connectivity index (χ4n) is 3.77. The number of benzene rings is 2. The first-order chi connectivity index (χ1) is 13.1. The molecule has 146 valence electrons. The minimum Gasteiger partial charge on any atom is -0.543 e. The molecule has 0 fully saturated rings. The molecule has 4 heteroatoms. The van der Waals surface area contributed by atoms with Crippen molar-refractivity contribution in [1.82, 2.24) is 0 Å². The molecular formula is C24H28O3Si. The standard InChI is InChI=1S/C24H28O3Si/c1-24(2)16-6-7-18-14-15-19(22(21(18)24)27-28(3,4)5)11-8-17-9-12-20(13-10-17)23(25)26/h9-10,12-15H,6-7,16H2,1-5H3,(H,25,26). The third-order valence-corrected chi connectivity index (χ3v) is 5.87. The summed E-state index contributed by atoms with van der Waals surface area (Å²) in [7, 11) is -1.81.